The molecule has 2 rings (SSSR count). The first-order valence-electron chi connectivity index (χ1n) is 7.50. The third-order valence-electron chi connectivity index (χ3n) is 4.86. The Balaban J connectivity index is 2.00. The predicted octanol–water partition coefficient (Wildman–Crippen LogP) is 3.03. The van der Waals surface area contributed by atoms with Crippen LogP contribution in [0, 0.1) is 5.41 Å². The summed E-state index contributed by atoms with van der Waals surface area (Å²) >= 11 is 0. The molecular weight excluding hydrogens is 208 g/mol. The minimum Gasteiger partial charge on any atom is -0.313 e. The van der Waals surface area contributed by atoms with Gasteiger partial charge in [-0.25, -0.2) is 0 Å². The topological polar surface area (TPSA) is 15.3 Å². The lowest BCUT2D eigenvalue weighted by Gasteiger charge is -2.41. The van der Waals surface area contributed by atoms with Crippen LogP contribution in [0.15, 0.2) is 0 Å². The molecule has 0 aromatic carbocycles. The largest absolute Gasteiger partial charge is 0.313 e. The molecule has 2 unspecified atom stereocenters. The summed E-state index contributed by atoms with van der Waals surface area (Å²) < 4.78 is 0. The third kappa shape index (κ3) is 3.03. The zero-order valence-electron chi connectivity index (χ0n) is 12.1. The number of nitrogens with one attached hydrogen (secondary N) is 1. The molecule has 1 aliphatic carbocycles. The van der Waals surface area contributed by atoms with Crippen LogP contribution in [0.25, 0.3) is 0 Å². The maximum Gasteiger partial charge on any atom is 0.0195 e. The van der Waals surface area contributed by atoms with Gasteiger partial charge in [-0.3, -0.25) is 4.90 Å². The van der Waals surface area contributed by atoms with E-state index >= 15 is 0 Å². The number of nitrogens with zero attached hydrogens (tertiary/aromatic N) is 1. The first-order valence-corrected chi connectivity index (χ1v) is 7.50. The molecule has 100 valence electrons. The van der Waals surface area contributed by atoms with Crippen molar-refractivity contribution < 1.29 is 0 Å². The van der Waals surface area contributed by atoms with Crippen molar-refractivity contribution in [1.29, 1.82) is 0 Å². The third-order valence-corrected chi connectivity index (χ3v) is 4.86. The molecule has 17 heavy (non-hydrogen) atoms. The fraction of sp³-hybridized carbons (Fsp3) is 1.00. The first-order chi connectivity index (χ1) is 8.00. The molecule has 2 aliphatic rings. The summed E-state index contributed by atoms with van der Waals surface area (Å²) in [7, 11) is 0. The Kier molecular flexibility index (Phi) is 4.14. The molecule has 0 bridgehead atoms. The van der Waals surface area contributed by atoms with Crippen molar-refractivity contribution >= 4 is 0 Å². The second-order valence-corrected chi connectivity index (χ2v) is 6.98. The lowest BCUT2D eigenvalue weighted by molar-refractivity contribution is 0.0746. The van der Waals surface area contributed by atoms with E-state index < -0.39 is 0 Å². The summed E-state index contributed by atoms with van der Waals surface area (Å²) in [4.78, 5) is 2.77. The molecule has 1 aliphatic heterocycles. The Morgan fingerprint density at radius 1 is 1.24 bits per heavy atom. The quantitative estimate of drug-likeness (QED) is 0.810. The lowest BCUT2D eigenvalue weighted by Crippen LogP contribution is -2.50. The Hall–Kier alpha value is -0.0800. The van der Waals surface area contributed by atoms with Crippen LogP contribution in [-0.4, -0.2) is 36.1 Å². The molecule has 0 spiro atoms. The molecule has 1 heterocycles. The highest BCUT2D eigenvalue weighted by Crippen LogP contribution is 2.41. The highest BCUT2D eigenvalue weighted by molar-refractivity contribution is 4.94. The van der Waals surface area contributed by atoms with Crippen molar-refractivity contribution in [3.63, 3.8) is 0 Å². The second kappa shape index (κ2) is 5.27. The van der Waals surface area contributed by atoms with Gasteiger partial charge in [0, 0.05) is 24.7 Å². The molecule has 1 saturated heterocycles. The minimum atomic E-state index is 0.517. The van der Waals surface area contributed by atoms with E-state index in [-0.39, 0.29) is 0 Å². The molecule has 1 N–H and O–H groups in total. The summed E-state index contributed by atoms with van der Waals surface area (Å²) in [6.45, 7) is 12.1. The van der Waals surface area contributed by atoms with Crippen LogP contribution in [0.5, 0.6) is 0 Å². The molecule has 1 saturated carbocycles. The van der Waals surface area contributed by atoms with Crippen LogP contribution in [0.2, 0.25) is 0 Å². The van der Waals surface area contributed by atoms with Crippen molar-refractivity contribution in [2.24, 2.45) is 5.41 Å². The lowest BCUT2D eigenvalue weighted by atomic mass is 9.85. The summed E-state index contributed by atoms with van der Waals surface area (Å²) in [5.74, 6) is 0. The Bertz CT molecular complexity index is 241. The van der Waals surface area contributed by atoms with Crippen LogP contribution in [0.3, 0.4) is 0 Å². The molecule has 2 atom stereocenters. The monoisotopic (exact) mass is 238 g/mol. The van der Waals surface area contributed by atoms with E-state index in [2.05, 4.69) is 37.9 Å². The van der Waals surface area contributed by atoms with E-state index in [1.165, 1.54) is 45.2 Å². The first kappa shape index (κ1) is 13.4. The smallest absolute Gasteiger partial charge is 0.0195 e. The number of hydrogen-bond donors (Lipinski definition) is 1. The van der Waals surface area contributed by atoms with Crippen LogP contribution < -0.4 is 5.32 Å². The normalized spacial score (nSPS) is 32.8. The summed E-state index contributed by atoms with van der Waals surface area (Å²) in [6.07, 6.45) is 6.96. The number of rotatable bonds is 4. The average Bonchev–Trinajstić information content (AvgIpc) is 2.83. The van der Waals surface area contributed by atoms with Crippen molar-refractivity contribution in [1.82, 2.24) is 10.2 Å². The van der Waals surface area contributed by atoms with Gasteiger partial charge >= 0.3 is 0 Å². The van der Waals surface area contributed by atoms with E-state index in [4.69, 9.17) is 0 Å². The molecule has 0 aromatic rings. The predicted molar refractivity (Wildman–Crippen MR) is 74.3 cm³/mol. The summed E-state index contributed by atoms with van der Waals surface area (Å²) in [6, 6.07) is 2.22. The van der Waals surface area contributed by atoms with Gasteiger partial charge in [-0.15, -0.1) is 0 Å². The molecule has 2 nitrogen and oxygen atoms in total. The van der Waals surface area contributed by atoms with E-state index in [9.17, 15) is 0 Å². The van der Waals surface area contributed by atoms with Gasteiger partial charge in [-0.05, 0) is 51.5 Å². The van der Waals surface area contributed by atoms with Gasteiger partial charge < -0.3 is 5.32 Å². The number of hydrogen-bond acceptors (Lipinski definition) is 2. The maximum absolute atomic E-state index is 3.65. The average molecular weight is 238 g/mol. The Labute approximate surface area is 107 Å². The van der Waals surface area contributed by atoms with Gasteiger partial charge in [0.15, 0.2) is 0 Å². The van der Waals surface area contributed by atoms with E-state index in [1.54, 1.807) is 0 Å². The van der Waals surface area contributed by atoms with Crippen LogP contribution in [0.4, 0.5) is 0 Å². The standard InChI is InChI=1S/C15H30N2/c1-12(2)17(11-13-7-6-10-16-13)14-8-5-9-15(14,3)4/h12-14,16H,5-11H2,1-4H3. The van der Waals surface area contributed by atoms with Gasteiger partial charge in [-0.2, -0.15) is 0 Å². The van der Waals surface area contributed by atoms with Crippen molar-refractivity contribution in [3.8, 4) is 0 Å². The molecule has 2 fully saturated rings. The second-order valence-electron chi connectivity index (χ2n) is 6.98. The summed E-state index contributed by atoms with van der Waals surface area (Å²) in [5, 5.41) is 3.65. The van der Waals surface area contributed by atoms with Crippen LogP contribution in [0.1, 0.15) is 59.8 Å². The van der Waals surface area contributed by atoms with Crippen LogP contribution in [-0.2, 0) is 0 Å². The highest BCUT2D eigenvalue weighted by atomic mass is 15.2. The van der Waals surface area contributed by atoms with Gasteiger partial charge in [0.05, 0.1) is 0 Å². The van der Waals surface area contributed by atoms with E-state index in [0.29, 0.717) is 11.5 Å². The van der Waals surface area contributed by atoms with Gasteiger partial charge in [0.2, 0.25) is 0 Å². The highest BCUT2D eigenvalue weighted by Gasteiger charge is 2.39. The minimum absolute atomic E-state index is 0.517. The molecular formula is C15H30N2. The van der Waals surface area contributed by atoms with Crippen molar-refractivity contribution in [2.75, 3.05) is 13.1 Å². The zero-order chi connectivity index (χ0) is 12.5. The van der Waals surface area contributed by atoms with Crippen LogP contribution >= 0.6 is 0 Å². The Morgan fingerprint density at radius 3 is 2.47 bits per heavy atom. The fourth-order valence-corrected chi connectivity index (χ4v) is 3.79. The van der Waals surface area contributed by atoms with E-state index in [0.717, 1.165) is 12.1 Å². The molecule has 0 amide bonds. The maximum atomic E-state index is 3.65. The van der Waals surface area contributed by atoms with Gasteiger partial charge in [0.1, 0.15) is 0 Å². The molecule has 0 aromatic heterocycles. The van der Waals surface area contributed by atoms with Gasteiger partial charge in [-0.1, -0.05) is 20.3 Å². The zero-order valence-corrected chi connectivity index (χ0v) is 12.1. The fourth-order valence-electron chi connectivity index (χ4n) is 3.79. The Morgan fingerprint density at radius 2 is 2.00 bits per heavy atom. The summed E-state index contributed by atoms with van der Waals surface area (Å²) in [5.41, 5.74) is 0.517. The van der Waals surface area contributed by atoms with E-state index in [1.807, 2.05) is 0 Å². The van der Waals surface area contributed by atoms with Gasteiger partial charge in [0.25, 0.3) is 0 Å². The van der Waals surface area contributed by atoms with Crippen molar-refractivity contribution in [3.05, 3.63) is 0 Å². The molecule has 2 heteroatoms. The SMILES string of the molecule is CC(C)N(CC1CCCN1)C1CCCC1(C)C. The van der Waals surface area contributed by atoms with Crippen molar-refractivity contribution in [2.45, 2.75) is 77.9 Å². The molecule has 0 radical (unpaired) electrons.